The molecule has 0 bridgehead atoms. The van der Waals surface area contributed by atoms with E-state index in [0.717, 1.165) is 5.82 Å². The quantitative estimate of drug-likeness (QED) is 0.627. The van der Waals surface area contributed by atoms with Crippen LogP contribution < -0.4 is 10.5 Å². The molecule has 0 atom stereocenters. The van der Waals surface area contributed by atoms with E-state index < -0.39 is 0 Å². The Labute approximate surface area is 105 Å². The average molecular weight is 245 g/mol. The van der Waals surface area contributed by atoms with E-state index >= 15 is 0 Å². The monoisotopic (exact) mass is 245 g/mol. The van der Waals surface area contributed by atoms with E-state index in [-0.39, 0.29) is 5.84 Å². The molecule has 2 aromatic rings. The summed E-state index contributed by atoms with van der Waals surface area (Å²) in [7, 11) is 1.59. The number of nitrogens with one attached hydrogen (secondary N) is 1. The molecule has 1 aromatic heterocycles. The first-order chi connectivity index (χ1) is 8.52. The first-order valence-corrected chi connectivity index (χ1v) is 5.46. The summed E-state index contributed by atoms with van der Waals surface area (Å²) in [4.78, 5) is 4.24. The van der Waals surface area contributed by atoms with Gasteiger partial charge in [0.2, 0.25) is 0 Å². The number of amidine groups is 1. The third-order valence-electron chi connectivity index (χ3n) is 2.60. The van der Waals surface area contributed by atoms with Crippen LogP contribution in [-0.4, -0.2) is 27.7 Å². The molecular formula is C12H15N5O. The standard InChI is InChI=1S/C12H15N5O/c1-7-15-8(2)17(16-7)11-6-9(18-3)4-5-10(11)12(13)14/h4-6H,1-3H3,(H3,13,14). The van der Waals surface area contributed by atoms with Crippen LogP contribution in [-0.2, 0) is 0 Å². The minimum absolute atomic E-state index is 0.0137. The lowest BCUT2D eigenvalue weighted by Gasteiger charge is -2.11. The van der Waals surface area contributed by atoms with Gasteiger partial charge < -0.3 is 10.5 Å². The Morgan fingerprint density at radius 3 is 2.61 bits per heavy atom. The molecule has 0 saturated heterocycles. The fourth-order valence-electron chi connectivity index (χ4n) is 1.79. The highest BCUT2D eigenvalue weighted by Crippen LogP contribution is 2.21. The number of hydrogen-bond donors (Lipinski definition) is 2. The van der Waals surface area contributed by atoms with Gasteiger partial charge in [-0.25, -0.2) is 9.67 Å². The first kappa shape index (κ1) is 12.1. The van der Waals surface area contributed by atoms with Gasteiger partial charge in [0.15, 0.2) is 0 Å². The summed E-state index contributed by atoms with van der Waals surface area (Å²) in [6, 6.07) is 5.30. The lowest BCUT2D eigenvalue weighted by molar-refractivity contribution is 0.414. The lowest BCUT2D eigenvalue weighted by Crippen LogP contribution is -2.16. The zero-order chi connectivity index (χ0) is 13.3. The molecule has 0 aliphatic carbocycles. The topological polar surface area (TPSA) is 89.8 Å². The van der Waals surface area contributed by atoms with E-state index in [0.29, 0.717) is 22.8 Å². The predicted octanol–water partition coefficient (Wildman–Crippen LogP) is 1.18. The summed E-state index contributed by atoms with van der Waals surface area (Å²) in [6.07, 6.45) is 0. The predicted molar refractivity (Wildman–Crippen MR) is 68.4 cm³/mol. The second-order valence-electron chi connectivity index (χ2n) is 3.91. The number of ether oxygens (including phenoxy) is 1. The van der Waals surface area contributed by atoms with Gasteiger partial charge in [-0.3, -0.25) is 5.41 Å². The van der Waals surface area contributed by atoms with Gasteiger partial charge in [0.1, 0.15) is 23.2 Å². The number of nitrogens with zero attached hydrogens (tertiary/aromatic N) is 3. The molecule has 94 valence electrons. The minimum Gasteiger partial charge on any atom is -0.497 e. The van der Waals surface area contributed by atoms with Crippen LogP contribution in [0.25, 0.3) is 5.69 Å². The molecule has 0 fully saturated rings. The Bertz CT molecular complexity index is 603. The van der Waals surface area contributed by atoms with Crippen molar-refractivity contribution in [3.05, 3.63) is 35.4 Å². The molecular weight excluding hydrogens is 230 g/mol. The number of aryl methyl sites for hydroxylation is 2. The third kappa shape index (κ3) is 2.04. The molecule has 0 amide bonds. The number of nitrogens with two attached hydrogens (primary N) is 1. The number of methoxy groups -OCH3 is 1. The van der Waals surface area contributed by atoms with Crippen LogP contribution in [0.15, 0.2) is 18.2 Å². The molecule has 0 saturated carbocycles. The summed E-state index contributed by atoms with van der Waals surface area (Å²) in [5.41, 5.74) is 6.88. The number of hydrogen-bond acceptors (Lipinski definition) is 4. The van der Waals surface area contributed by atoms with Crippen LogP contribution >= 0.6 is 0 Å². The van der Waals surface area contributed by atoms with E-state index in [4.69, 9.17) is 15.9 Å². The first-order valence-electron chi connectivity index (χ1n) is 5.46. The van der Waals surface area contributed by atoms with Gasteiger partial charge in [0.05, 0.1) is 12.8 Å². The van der Waals surface area contributed by atoms with Crippen LogP contribution in [0.1, 0.15) is 17.2 Å². The maximum atomic E-state index is 7.61. The molecule has 0 spiro atoms. The van der Waals surface area contributed by atoms with Crippen molar-refractivity contribution < 1.29 is 4.74 Å². The molecule has 0 aliphatic heterocycles. The van der Waals surface area contributed by atoms with Gasteiger partial charge in [-0.05, 0) is 26.0 Å². The van der Waals surface area contributed by atoms with Gasteiger partial charge in [-0.1, -0.05) is 0 Å². The molecule has 3 N–H and O–H groups in total. The van der Waals surface area contributed by atoms with E-state index in [1.807, 2.05) is 13.8 Å². The van der Waals surface area contributed by atoms with Crippen molar-refractivity contribution in [3.8, 4) is 11.4 Å². The summed E-state index contributed by atoms with van der Waals surface area (Å²) in [5, 5.41) is 11.9. The Hall–Kier alpha value is -2.37. The van der Waals surface area contributed by atoms with Gasteiger partial charge in [-0.15, -0.1) is 0 Å². The van der Waals surface area contributed by atoms with Crippen molar-refractivity contribution in [1.82, 2.24) is 14.8 Å². The van der Waals surface area contributed by atoms with E-state index in [2.05, 4.69) is 10.1 Å². The molecule has 18 heavy (non-hydrogen) atoms. The smallest absolute Gasteiger partial charge is 0.148 e. The highest BCUT2D eigenvalue weighted by Gasteiger charge is 2.13. The molecule has 0 aliphatic rings. The van der Waals surface area contributed by atoms with E-state index in [1.165, 1.54) is 0 Å². The molecule has 6 heteroatoms. The van der Waals surface area contributed by atoms with Crippen molar-refractivity contribution in [2.45, 2.75) is 13.8 Å². The third-order valence-corrected chi connectivity index (χ3v) is 2.60. The van der Waals surface area contributed by atoms with Gasteiger partial charge >= 0.3 is 0 Å². The van der Waals surface area contributed by atoms with E-state index in [9.17, 15) is 0 Å². The van der Waals surface area contributed by atoms with Gasteiger partial charge in [0.25, 0.3) is 0 Å². The minimum atomic E-state index is -0.0137. The zero-order valence-electron chi connectivity index (χ0n) is 10.6. The SMILES string of the molecule is COc1ccc(C(=N)N)c(-n2nc(C)nc2C)c1. The number of nitrogen functional groups attached to an aromatic ring is 1. The number of rotatable bonds is 3. The summed E-state index contributed by atoms with van der Waals surface area (Å²) >= 11 is 0. The Kier molecular flexibility index (Phi) is 3.01. The van der Waals surface area contributed by atoms with E-state index in [1.54, 1.807) is 30.0 Å². The summed E-state index contributed by atoms with van der Waals surface area (Å²) < 4.78 is 6.85. The summed E-state index contributed by atoms with van der Waals surface area (Å²) in [5.74, 6) is 2.08. The molecule has 2 rings (SSSR count). The fourth-order valence-corrected chi connectivity index (χ4v) is 1.79. The van der Waals surface area contributed by atoms with Crippen molar-refractivity contribution in [1.29, 1.82) is 5.41 Å². The molecule has 1 aromatic carbocycles. The van der Waals surface area contributed by atoms with Crippen molar-refractivity contribution in [3.63, 3.8) is 0 Å². The number of benzene rings is 1. The van der Waals surface area contributed by atoms with Gasteiger partial charge in [-0.2, -0.15) is 5.10 Å². The Balaban J connectivity index is 2.67. The second-order valence-corrected chi connectivity index (χ2v) is 3.91. The average Bonchev–Trinajstić information content (AvgIpc) is 2.67. The Morgan fingerprint density at radius 1 is 1.39 bits per heavy atom. The van der Waals surface area contributed by atoms with Crippen molar-refractivity contribution in [2.75, 3.05) is 7.11 Å². The van der Waals surface area contributed by atoms with Crippen LogP contribution in [0.4, 0.5) is 0 Å². The highest BCUT2D eigenvalue weighted by molar-refractivity contribution is 5.98. The molecule has 1 heterocycles. The molecule has 0 unspecified atom stereocenters. The zero-order valence-corrected chi connectivity index (χ0v) is 10.6. The van der Waals surface area contributed by atoms with Crippen molar-refractivity contribution in [2.24, 2.45) is 5.73 Å². The van der Waals surface area contributed by atoms with Crippen LogP contribution in [0, 0.1) is 19.3 Å². The lowest BCUT2D eigenvalue weighted by atomic mass is 10.1. The van der Waals surface area contributed by atoms with Crippen LogP contribution in [0.2, 0.25) is 0 Å². The number of aromatic nitrogens is 3. The summed E-state index contributed by atoms with van der Waals surface area (Å²) in [6.45, 7) is 3.67. The van der Waals surface area contributed by atoms with Crippen LogP contribution in [0.3, 0.4) is 0 Å². The van der Waals surface area contributed by atoms with Crippen LogP contribution in [0.5, 0.6) is 5.75 Å². The molecule has 0 radical (unpaired) electrons. The largest absolute Gasteiger partial charge is 0.497 e. The normalized spacial score (nSPS) is 10.4. The van der Waals surface area contributed by atoms with Gasteiger partial charge in [0, 0.05) is 11.6 Å². The highest BCUT2D eigenvalue weighted by atomic mass is 16.5. The molecule has 6 nitrogen and oxygen atoms in total. The van der Waals surface area contributed by atoms with Crippen molar-refractivity contribution >= 4 is 5.84 Å². The Morgan fingerprint density at radius 2 is 2.11 bits per heavy atom. The second kappa shape index (κ2) is 4.48. The maximum Gasteiger partial charge on any atom is 0.148 e. The maximum absolute atomic E-state index is 7.61. The fraction of sp³-hybridized carbons (Fsp3) is 0.250.